The SMILES string of the molecule is O=Cc1ccc(-c2ccccc2SCF)cc1. The van der Waals surface area contributed by atoms with E-state index in [1.165, 1.54) is 11.8 Å². The lowest BCUT2D eigenvalue weighted by Gasteiger charge is -2.07. The van der Waals surface area contributed by atoms with Crippen LogP contribution in [0.4, 0.5) is 4.39 Å². The minimum absolute atomic E-state index is 0.441. The molecule has 2 aromatic rings. The zero-order valence-electron chi connectivity index (χ0n) is 9.10. The van der Waals surface area contributed by atoms with Gasteiger partial charge in [-0.3, -0.25) is 4.79 Å². The fourth-order valence-corrected chi connectivity index (χ4v) is 2.26. The van der Waals surface area contributed by atoms with Crippen LogP contribution in [0, 0.1) is 0 Å². The number of hydrogen-bond donors (Lipinski definition) is 0. The van der Waals surface area contributed by atoms with E-state index in [1.54, 1.807) is 12.1 Å². The number of benzene rings is 2. The first-order valence-corrected chi connectivity index (χ1v) is 6.17. The van der Waals surface area contributed by atoms with Crippen LogP contribution in [-0.4, -0.2) is 12.3 Å². The van der Waals surface area contributed by atoms with Gasteiger partial charge in [0.25, 0.3) is 0 Å². The first-order valence-electron chi connectivity index (χ1n) is 5.18. The van der Waals surface area contributed by atoms with Crippen molar-refractivity contribution in [1.82, 2.24) is 0 Å². The third-order valence-corrected chi connectivity index (χ3v) is 3.23. The van der Waals surface area contributed by atoms with Gasteiger partial charge in [0, 0.05) is 10.5 Å². The van der Waals surface area contributed by atoms with E-state index in [1.807, 2.05) is 36.4 Å². The highest BCUT2D eigenvalue weighted by atomic mass is 32.2. The Hall–Kier alpha value is -1.61. The zero-order chi connectivity index (χ0) is 12.1. The Labute approximate surface area is 104 Å². The van der Waals surface area contributed by atoms with Crippen LogP contribution in [0.5, 0.6) is 0 Å². The summed E-state index contributed by atoms with van der Waals surface area (Å²) < 4.78 is 12.4. The smallest absolute Gasteiger partial charge is 0.150 e. The second-order valence-electron chi connectivity index (χ2n) is 3.49. The van der Waals surface area contributed by atoms with E-state index < -0.39 is 6.01 Å². The third kappa shape index (κ3) is 2.74. The van der Waals surface area contributed by atoms with E-state index in [2.05, 4.69) is 0 Å². The summed E-state index contributed by atoms with van der Waals surface area (Å²) in [5, 5.41) is 0. The molecule has 0 aliphatic rings. The van der Waals surface area contributed by atoms with Crippen LogP contribution in [0.1, 0.15) is 10.4 Å². The van der Waals surface area contributed by atoms with Gasteiger partial charge in [-0.1, -0.05) is 54.2 Å². The van der Waals surface area contributed by atoms with Crippen molar-refractivity contribution in [3.05, 3.63) is 54.1 Å². The highest BCUT2D eigenvalue weighted by Gasteiger charge is 2.04. The topological polar surface area (TPSA) is 17.1 Å². The molecular weight excluding hydrogens is 235 g/mol. The molecule has 0 atom stereocenters. The Morgan fingerprint density at radius 1 is 1.06 bits per heavy atom. The molecule has 0 fully saturated rings. The highest BCUT2D eigenvalue weighted by molar-refractivity contribution is 7.99. The van der Waals surface area contributed by atoms with Crippen LogP contribution >= 0.6 is 11.8 Å². The summed E-state index contributed by atoms with van der Waals surface area (Å²) in [6, 6.07) is 14.5. The van der Waals surface area contributed by atoms with E-state index >= 15 is 0 Å². The Kier molecular flexibility index (Phi) is 3.94. The molecule has 0 aromatic heterocycles. The number of alkyl halides is 1. The van der Waals surface area contributed by atoms with Gasteiger partial charge in [-0.15, -0.1) is 0 Å². The van der Waals surface area contributed by atoms with Gasteiger partial charge in [-0.05, 0) is 17.2 Å². The van der Waals surface area contributed by atoms with Crippen molar-refractivity contribution in [1.29, 1.82) is 0 Å². The number of thioether (sulfide) groups is 1. The molecule has 0 unspecified atom stereocenters. The van der Waals surface area contributed by atoms with Crippen molar-refractivity contribution in [3.8, 4) is 11.1 Å². The highest BCUT2D eigenvalue weighted by Crippen LogP contribution is 2.31. The van der Waals surface area contributed by atoms with Crippen LogP contribution in [0.2, 0.25) is 0 Å². The van der Waals surface area contributed by atoms with Gasteiger partial charge >= 0.3 is 0 Å². The van der Waals surface area contributed by atoms with Crippen LogP contribution in [-0.2, 0) is 0 Å². The minimum Gasteiger partial charge on any atom is -0.298 e. The van der Waals surface area contributed by atoms with Crippen molar-refractivity contribution >= 4 is 18.0 Å². The average molecular weight is 246 g/mol. The summed E-state index contributed by atoms with van der Waals surface area (Å²) in [6.07, 6.45) is 0.812. The van der Waals surface area contributed by atoms with Crippen molar-refractivity contribution in [2.75, 3.05) is 6.01 Å². The lowest BCUT2D eigenvalue weighted by Crippen LogP contribution is -1.84. The maximum atomic E-state index is 12.4. The van der Waals surface area contributed by atoms with E-state index in [-0.39, 0.29) is 0 Å². The minimum atomic E-state index is -0.441. The summed E-state index contributed by atoms with van der Waals surface area (Å²) in [6.45, 7) is 0. The molecule has 0 N–H and O–H groups in total. The van der Waals surface area contributed by atoms with Gasteiger partial charge in [0.15, 0.2) is 0 Å². The van der Waals surface area contributed by atoms with Gasteiger partial charge in [-0.2, -0.15) is 0 Å². The quantitative estimate of drug-likeness (QED) is 0.594. The van der Waals surface area contributed by atoms with Crippen molar-refractivity contribution < 1.29 is 9.18 Å². The monoisotopic (exact) mass is 246 g/mol. The van der Waals surface area contributed by atoms with Crippen molar-refractivity contribution in [2.45, 2.75) is 4.90 Å². The number of rotatable bonds is 4. The van der Waals surface area contributed by atoms with E-state index in [4.69, 9.17) is 0 Å². The number of aldehydes is 1. The molecule has 0 amide bonds. The van der Waals surface area contributed by atoms with E-state index in [9.17, 15) is 9.18 Å². The third-order valence-electron chi connectivity index (χ3n) is 2.45. The number of carbonyl (C=O) groups is 1. The number of halogens is 1. The molecule has 0 saturated heterocycles. The van der Waals surface area contributed by atoms with E-state index in [0.29, 0.717) is 5.56 Å². The average Bonchev–Trinajstić information content (AvgIpc) is 2.40. The maximum Gasteiger partial charge on any atom is 0.150 e. The van der Waals surface area contributed by atoms with Gasteiger partial charge in [0.1, 0.15) is 12.3 Å². The molecule has 0 radical (unpaired) electrons. The Morgan fingerprint density at radius 2 is 1.76 bits per heavy atom. The predicted octanol–water partition coefficient (Wildman–Crippen LogP) is 4.19. The molecule has 0 bridgehead atoms. The summed E-state index contributed by atoms with van der Waals surface area (Å²) in [7, 11) is 0. The zero-order valence-corrected chi connectivity index (χ0v) is 9.91. The largest absolute Gasteiger partial charge is 0.298 e. The van der Waals surface area contributed by atoms with Crippen molar-refractivity contribution in [3.63, 3.8) is 0 Å². The molecule has 1 nitrogen and oxygen atoms in total. The van der Waals surface area contributed by atoms with Crippen LogP contribution < -0.4 is 0 Å². The lowest BCUT2D eigenvalue weighted by molar-refractivity contribution is 0.112. The predicted molar refractivity (Wildman–Crippen MR) is 69.1 cm³/mol. The molecule has 3 heteroatoms. The van der Waals surface area contributed by atoms with Crippen LogP contribution in [0.15, 0.2) is 53.4 Å². The standard InChI is InChI=1S/C14H11FOS/c15-10-17-14-4-2-1-3-13(14)12-7-5-11(9-16)6-8-12/h1-9H,10H2. The molecule has 0 spiro atoms. The van der Waals surface area contributed by atoms with Gasteiger partial charge in [0.05, 0.1) is 0 Å². The summed E-state index contributed by atoms with van der Waals surface area (Å²) in [5.74, 6) is 0. The molecule has 0 saturated carbocycles. The molecule has 0 aliphatic heterocycles. The Balaban J connectivity index is 2.40. The molecule has 86 valence electrons. The Bertz CT molecular complexity index is 508. The second kappa shape index (κ2) is 5.64. The van der Waals surface area contributed by atoms with Crippen molar-refractivity contribution in [2.24, 2.45) is 0 Å². The summed E-state index contributed by atoms with van der Waals surface area (Å²) in [4.78, 5) is 11.5. The first kappa shape index (κ1) is 11.9. The summed E-state index contributed by atoms with van der Waals surface area (Å²) in [5.41, 5.74) is 2.63. The normalized spacial score (nSPS) is 10.2. The molecule has 0 aliphatic carbocycles. The number of carbonyl (C=O) groups excluding carboxylic acids is 1. The molecule has 17 heavy (non-hydrogen) atoms. The maximum absolute atomic E-state index is 12.4. The van der Waals surface area contributed by atoms with Crippen LogP contribution in [0.3, 0.4) is 0 Å². The first-order chi connectivity index (χ1) is 8.35. The molecular formula is C14H11FOS. The molecule has 2 rings (SSSR count). The van der Waals surface area contributed by atoms with Gasteiger partial charge in [0.2, 0.25) is 0 Å². The van der Waals surface area contributed by atoms with E-state index in [0.717, 1.165) is 22.3 Å². The van der Waals surface area contributed by atoms with Crippen LogP contribution in [0.25, 0.3) is 11.1 Å². The summed E-state index contributed by atoms with van der Waals surface area (Å²) >= 11 is 1.17. The lowest BCUT2D eigenvalue weighted by atomic mass is 10.0. The fraction of sp³-hybridized carbons (Fsp3) is 0.0714. The fourth-order valence-electron chi connectivity index (χ4n) is 1.63. The Morgan fingerprint density at radius 3 is 2.41 bits per heavy atom. The van der Waals surface area contributed by atoms with Gasteiger partial charge < -0.3 is 0 Å². The number of hydrogen-bond acceptors (Lipinski definition) is 2. The molecule has 2 aromatic carbocycles. The second-order valence-corrected chi connectivity index (χ2v) is 4.44. The molecule has 0 heterocycles. The van der Waals surface area contributed by atoms with Gasteiger partial charge in [-0.25, -0.2) is 4.39 Å².